The molecule has 0 atom stereocenters. The largest absolute Gasteiger partial charge is 0.496 e. The average molecular weight is 482 g/mol. The highest BCUT2D eigenvalue weighted by atomic mass is 127. The topological polar surface area (TPSA) is 76.7 Å². The summed E-state index contributed by atoms with van der Waals surface area (Å²) in [5.41, 5.74) is 5.67. The van der Waals surface area contributed by atoms with Gasteiger partial charge in [-0.3, -0.25) is 20.4 Å². The maximum Gasteiger partial charge on any atom is 0.269 e. The molecule has 2 aromatic rings. The van der Waals surface area contributed by atoms with E-state index in [0.717, 1.165) is 9.99 Å². The Bertz CT molecular complexity index is 791. The van der Waals surface area contributed by atoms with Crippen molar-refractivity contribution >= 4 is 34.4 Å². The van der Waals surface area contributed by atoms with Crippen LogP contribution in [0.2, 0.25) is 0 Å². The van der Waals surface area contributed by atoms with Crippen LogP contribution in [0.4, 0.5) is 0 Å². The first-order valence-corrected chi connectivity index (χ1v) is 9.65. The zero-order valence-electron chi connectivity index (χ0n) is 15.5. The predicted octanol–water partition coefficient (Wildman–Crippen LogP) is 3.80. The van der Waals surface area contributed by atoms with Gasteiger partial charge in [-0.25, -0.2) is 0 Å². The first-order chi connectivity index (χ1) is 12.9. The molecule has 0 saturated heterocycles. The van der Waals surface area contributed by atoms with Gasteiger partial charge in [0, 0.05) is 11.1 Å². The minimum Gasteiger partial charge on any atom is -0.496 e. The lowest BCUT2D eigenvalue weighted by molar-refractivity contribution is 0.0846. The molecule has 0 aliphatic rings. The highest BCUT2D eigenvalue weighted by Gasteiger charge is 2.11. The van der Waals surface area contributed by atoms with E-state index in [4.69, 9.17) is 9.47 Å². The van der Waals surface area contributed by atoms with E-state index < -0.39 is 11.8 Å². The second-order valence-corrected chi connectivity index (χ2v) is 7.48. The van der Waals surface area contributed by atoms with Crippen LogP contribution >= 0.6 is 22.6 Å². The number of carbonyl (C=O) groups is 2. The molecular weight excluding hydrogens is 459 g/mol. The van der Waals surface area contributed by atoms with Crippen molar-refractivity contribution in [3.8, 4) is 11.5 Å². The molecule has 0 unspecified atom stereocenters. The lowest BCUT2D eigenvalue weighted by Crippen LogP contribution is -2.41. The summed E-state index contributed by atoms with van der Waals surface area (Å²) in [7, 11) is 1.57. The zero-order valence-corrected chi connectivity index (χ0v) is 17.7. The first kappa shape index (κ1) is 21.0. The van der Waals surface area contributed by atoms with Crippen molar-refractivity contribution in [1.82, 2.24) is 10.9 Å². The standard InChI is InChI=1S/C20H23IN2O4/c1-13(2)10-11-27-16-7-4-14(5-8-16)19(24)22-23-20(25)15-6-9-18(26-3)17(21)12-15/h4-9,12-13H,10-11H2,1-3H3,(H,22,24)(H,23,25). The molecule has 0 heterocycles. The zero-order chi connectivity index (χ0) is 19.8. The molecule has 7 heteroatoms. The van der Waals surface area contributed by atoms with E-state index >= 15 is 0 Å². The molecule has 0 fully saturated rings. The SMILES string of the molecule is COc1ccc(C(=O)NNC(=O)c2ccc(OCCC(C)C)cc2)cc1I. The number of hydrogen-bond acceptors (Lipinski definition) is 4. The third-order valence-corrected chi connectivity index (χ3v) is 4.63. The van der Waals surface area contributed by atoms with Gasteiger partial charge in [0.1, 0.15) is 11.5 Å². The Kier molecular flexibility index (Phi) is 7.90. The van der Waals surface area contributed by atoms with E-state index in [1.54, 1.807) is 49.6 Å². The predicted molar refractivity (Wildman–Crippen MR) is 112 cm³/mol. The van der Waals surface area contributed by atoms with Gasteiger partial charge in [-0.1, -0.05) is 13.8 Å². The molecular formula is C20H23IN2O4. The fourth-order valence-electron chi connectivity index (χ4n) is 2.18. The van der Waals surface area contributed by atoms with Crippen molar-refractivity contribution in [2.75, 3.05) is 13.7 Å². The maximum atomic E-state index is 12.2. The molecule has 144 valence electrons. The summed E-state index contributed by atoms with van der Waals surface area (Å²) in [5.74, 6) is 1.17. The number of halogens is 1. The number of rotatable bonds is 7. The van der Waals surface area contributed by atoms with Gasteiger partial charge in [0.15, 0.2) is 0 Å². The number of ether oxygens (including phenoxy) is 2. The Labute approximate surface area is 172 Å². The lowest BCUT2D eigenvalue weighted by atomic mass is 10.1. The minimum atomic E-state index is -0.405. The number of methoxy groups -OCH3 is 1. The van der Waals surface area contributed by atoms with Gasteiger partial charge < -0.3 is 9.47 Å². The summed E-state index contributed by atoms with van der Waals surface area (Å²) in [6.07, 6.45) is 0.971. The van der Waals surface area contributed by atoms with Crippen LogP contribution < -0.4 is 20.3 Å². The molecule has 0 bridgehead atoms. The molecule has 2 aromatic carbocycles. The minimum absolute atomic E-state index is 0.403. The normalized spacial score (nSPS) is 10.4. The van der Waals surface area contributed by atoms with Crippen LogP contribution in [-0.2, 0) is 0 Å². The fraction of sp³-hybridized carbons (Fsp3) is 0.300. The summed E-state index contributed by atoms with van der Waals surface area (Å²) < 4.78 is 11.6. The van der Waals surface area contributed by atoms with E-state index in [1.807, 2.05) is 0 Å². The van der Waals surface area contributed by atoms with Gasteiger partial charge in [-0.15, -0.1) is 0 Å². The Hall–Kier alpha value is -2.29. The number of carbonyl (C=O) groups excluding carboxylic acids is 2. The van der Waals surface area contributed by atoms with Crippen molar-refractivity contribution < 1.29 is 19.1 Å². The highest BCUT2D eigenvalue weighted by Crippen LogP contribution is 2.21. The summed E-state index contributed by atoms with van der Waals surface area (Å²) >= 11 is 2.08. The second-order valence-electron chi connectivity index (χ2n) is 6.31. The van der Waals surface area contributed by atoms with E-state index in [9.17, 15) is 9.59 Å². The maximum absolute atomic E-state index is 12.2. The summed E-state index contributed by atoms with van der Waals surface area (Å²) in [5, 5.41) is 0. The molecule has 27 heavy (non-hydrogen) atoms. The van der Waals surface area contributed by atoms with Crippen LogP contribution in [0.3, 0.4) is 0 Å². The lowest BCUT2D eigenvalue weighted by Gasteiger charge is -2.10. The molecule has 0 saturated carbocycles. The number of benzene rings is 2. The molecule has 0 radical (unpaired) electrons. The smallest absolute Gasteiger partial charge is 0.269 e. The second kappa shape index (κ2) is 10.1. The summed E-state index contributed by atoms with van der Waals surface area (Å²) in [4.78, 5) is 24.3. The van der Waals surface area contributed by atoms with Crippen molar-refractivity contribution in [2.45, 2.75) is 20.3 Å². The average Bonchev–Trinajstić information content (AvgIpc) is 2.66. The van der Waals surface area contributed by atoms with Crippen molar-refractivity contribution in [3.05, 3.63) is 57.2 Å². The molecule has 0 aliphatic carbocycles. The monoisotopic (exact) mass is 482 g/mol. The quantitative estimate of drug-likeness (QED) is 0.465. The van der Waals surface area contributed by atoms with Gasteiger partial charge in [-0.2, -0.15) is 0 Å². The molecule has 2 N–H and O–H groups in total. The number of hydrogen-bond donors (Lipinski definition) is 2. The number of amides is 2. The van der Waals surface area contributed by atoms with E-state index in [-0.39, 0.29) is 0 Å². The third kappa shape index (κ3) is 6.42. The first-order valence-electron chi connectivity index (χ1n) is 8.57. The Morgan fingerprint density at radius 1 is 1.00 bits per heavy atom. The molecule has 0 aliphatic heterocycles. The van der Waals surface area contributed by atoms with Gasteiger partial charge in [0.05, 0.1) is 17.3 Å². The molecule has 0 spiro atoms. The van der Waals surface area contributed by atoms with Crippen LogP contribution in [0, 0.1) is 9.49 Å². The van der Waals surface area contributed by atoms with E-state index in [1.165, 1.54) is 0 Å². The van der Waals surface area contributed by atoms with Crippen LogP contribution in [0.15, 0.2) is 42.5 Å². The van der Waals surface area contributed by atoms with Crippen LogP contribution in [0.1, 0.15) is 41.0 Å². The summed E-state index contributed by atoms with van der Waals surface area (Å²) in [6, 6.07) is 11.8. The Balaban J connectivity index is 1.87. The van der Waals surface area contributed by atoms with Crippen molar-refractivity contribution in [2.24, 2.45) is 5.92 Å². The number of hydrazine groups is 1. The van der Waals surface area contributed by atoms with Gasteiger partial charge in [0.25, 0.3) is 11.8 Å². The van der Waals surface area contributed by atoms with Gasteiger partial charge >= 0.3 is 0 Å². The van der Waals surface area contributed by atoms with Crippen molar-refractivity contribution in [1.29, 1.82) is 0 Å². The van der Waals surface area contributed by atoms with Gasteiger partial charge in [-0.05, 0) is 77.4 Å². The molecule has 2 rings (SSSR count). The van der Waals surface area contributed by atoms with E-state index in [0.29, 0.717) is 35.2 Å². The molecule has 2 amide bonds. The highest BCUT2D eigenvalue weighted by molar-refractivity contribution is 14.1. The Morgan fingerprint density at radius 2 is 1.59 bits per heavy atom. The molecule has 6 nitrogen and oxygen atoms in total. The third-order valence-electron chi connectivity index (χ3n) is 3.78. The molecule has 0 aromatic heterocycles. The fourth-order valence-corrected chi connectivity index (χ4v) is 2.92. The number of nitrogens with one attached hydrogen (secondary N) is 2. The van der Waals surface area contributed by atoms with Crippen molar-refractivity contribution in [3.63, 3.8) is 0 Å². The van der Waals surface area contributed by atoms with Gasteiger partial charge in [0.2, 0.25) is 0 Å². The Morgan fingerprint density at radius 3 is 2.15 bits per heavy atom. The van der Waals surface area contributed by atoms with Crippen LogP contribution in [0.25, 0.3) is 0 Å². The van der Waals surface area contributed by atoms with Crippen LogP contribution in [-0.4, -0.2) is 25.5 Å². The van der Waals surface area contributed by atoms with Crippen LogP contribution in [0.5, 0.6) is 11.5 Å². The summed E-state index contributed by atoms with van der Waals surface area (Å²) in [6.45, 7) is 4.91. The van der Waals surface area contributed by atoms with E-state index in [2.05, 4.69) is 47.3 Å².